The molecule has 2 aromatic rings. The summed E-state index contributed by atoms with van der Waals surface area (Å²) >= 11 is 0. The van der Waals surface area contributed by atoms with E-state index < -0.39 is 0 Å². The normalized spacial score (nSPS) is 10.9. The molecule has 0 radical (unpaired) electrons. The summed E-state index contributed by atoms with van der Waals surface area (Å²) in [4.78, 5) is 4.35. The van der Waals surface area contributed by atoms with E-state index in [9.17, 15) is 0 Å². The quantitative estimate of drug-likeness (QED) is 0.864. The van der Waals surface area contributed by atoms with Crippen molar-refractivity contribution in [3.63, 3.8) is 0 Å². The summed E-state index contributed by atoms with van der Waals surface area (Å²) in [5, 5.41) is 7.99. The maximum Gasteiger partial charge on any atom is 0.0641 e. The smallest absolute Gasteiger partial charge is 0.0641 e. The van der Waals surface area contributed by atoms with Gasteiger partial charge in [0.15, 0.2) is 0 Å². The number of nitrogens with one attached hydrogen (secondary N) is 1. The highest BCUT2D eigenvalue weighted by Crippen LogP contribution is 2.13. The molecule has 0 saturated heterocycles. The van der Waals surface area contributed by atoms with Crippen LogP contribution in [0.3, 0.4) is 0 Å². The van der Waals surface area contributed by atoms with Gasteiger partial charge in [-0.05, 0) is 32.5 Å². The molecule has 102 valence electrons. The molecule has 0 amide bonds. The van der Waals surface area contributed by atoms with Crippen molar-refractivity contribution in [3.8, 4) is 0 Å². The summed E-state index contributed by atoms with van der Waals surface area (Å²) < 4.78 is 2.09. The van der Waals surface area contributed by atoms with E-state index in [1.165, 1.54) is 11.3 Å². The third-order valence-electron chi connectivity index (χ3n) is 3.39. The Morgan fingerprint density at radius 3 is 2.79 bits per heavy atom. The van der Waals surface area contributed by atoms with E-state index in [0.717, 1.165) is 37.4 Å². The molecule has 4 nitrogen and oxygen atoms in total. The minimum Gasteiger partial charge on any atom is -0.313 e. The van der Waals surface area contributed by atoms with Crippen LogP contribution in [0.15, 0.2) is 24.4 Å². The molecule has 0 saturated carbocycles. The molecule has 0 bridgehead atoms. The van der Waals surface area contributed by atoms with Crippen LogP contribution in [0.2, 0.25) is 0 Å². The van der Waals surface area contributed by atoms with Crippen LogP contribution in [0, 0.1) is 13.8 Å². The average Bonchev–Trinajstić information content (AvgIpc) is 2.70. The molecule has 0 fully saturated rings. The first-order valence-corrected chi connectivity index (χ1v) is 6.86. The summed E-state index contributed by atoms with van der Waals surface area (Å²) in [6, 6.07) is 6.03. The Bertz CT molecular complexity index is 516. The van der Waals surface area contributed by atoms with Gasteiger partial charge in [-0.1, -0.05) is 13.0 Å². The minimum absolute atomic E-state index is 0.885. The number of hydrogen-bond acceptors (Lipinski definition) is 3. The fourth-order valence-corrected chi connectivity index (χ4v) is 2.22. The molecule has 0 aliphatic rings. The van der Waals surface area contributed by atoms with E-state index in [2.05, 4.69) is 46.9 Å². The summed E-state index contributed by atoms with van der Waals surface area (Å²) in [6.07, 6.45) is 2.76. The van der Waals surface area contributed by atoms with E-state index in [-0.39, 0.29) is 0 Å². The monoisotopic (exact) mass is 258 g/mol. The largest absolute Gasteiger partial charge is 0.313 e. The Morgan fingerprint density at radius 1 is 1.26 bits per heavy atom. The van der Waals surface area contributed by atoms with Gasteiger partial charge in [0.2, 0.25) is 0 Å². The average molecular weight is 258 g/mol. The molecule has 19 heavy (non-hydrogen) atoms. The van der Waals surface area contributed by atoms with Gasteiger partial charge in [-0.3, -0.25) is 9.67 Å². The summed E-state index contributed by atoms with van der Waals surface area (Å²) in [6.45, 7) is 9.11. The van der Waals surface area contributed by atoms with Crippen LogP contribution in [0.25, 0.3) is 0 Å². The fraction of sp³-hybridized carbons (Fsp3) is 0.467. The van der Waals surface area contributed by atoms with Gasteiger partial charge in [0.25, 0.3) is 0 Å². The third kappa shape index (κ3) is 3.41. The Balaban J connectivity index is 2.05. The molecule has 1 N–H and O–H groups in total. The lowest BCUT2D eigenvalue weighted by molar-refractivity contribution is 0.587. The van der Waals surface area contributed by atoms with Crippen LogP contribution in [-0.2, 0) is 19.5 Å². The van der Waals surface area contributed by atoms with Crippen molar-refractivity contribution < 1.29 is 0 Å². The van der Waals surface area contributed by atoms with E-state index >= 15 is 0 Å². The summed E-state index contributed by atoms with van der Waals surface area (Å²) in [5.41, 5.74) is 4.82. The molecule has 0 aliphatic carbocycles. The Morgan fingerprint density at radius 2 is 2.11 bits per heavy atom. The Hall–Kier alpha value is -1.68. The van der Waals surface area contributed by atoms with E-state index in [0.29, 0.717) is 0 Å². The lowest BCUT2D eigenvalue weighted by Crippen LogP contribution is -2.13. The molecule has 0 aromatic carbocycles. The number of nitrogens with zero attached hydrogens (tertiary/aromatic N) is 3. The molecule has 4 heteroatoms. The van der Waals surface area contributed by atoms with Gasteiger partial charge in [-0.15, -0.1) is 0 Å². The molecular formula is C15H22N4. The highest BCUT2D eigenvalue weighted by molar-refractivity contribution is 5.24. The number of aryl methyl sites for hydroxylation is 3. The standard InChI is InChI=1S/C15H22N4/c1-4-16-11-15-12(2)18-19(13(15)3)10-8-14-7-5-6-9-17-14/h5-7,9,16H,4,8,10-11H2,1-3H3. The Labute approximate surface area is 114 Å². The van der Waals surface area contributed by atoms with Crippen LogP contribution in [-0.4, -0.2) is 21.3 Å². The zero-order valence-electron chi connectivity index (χ0n) is 12.0. The van der Waals surface area contributed by atoms with Crippen molar-refractivity contribution in [1.29, 1.82) is 0 Å². The second-order valence-corrected chi connectivity index (χ2v) is 4.72. The van der Waals surface area contributed by atoms with Crippen molar-refractivity contribution in [2.24, 2.45) is 0 Å². The number of hydrogen-bond donors (Lipinski definition) is 1. The maximum atomic E-state index is 4.63. The molecular weight excluding hydrogens is 236 g/mol. The number of aromatic nitrogens is 3. The molecule has 2 heterocycles. The first-order valence-electron chi connectivity index (χ1n) is 6.86. The predicted molar refractivity (Wildman–Crippen MR) is 77.0 cm³/mol. The zero-order chi connectivity index (χ0) is 13.7. The molecule has 2 aromatic heterocycles. The topological polar surface area (TPSA) is 42.7 Å². The highest BCUT2D eigenvalue weighted by atomic mass is 15.3. The molecule has 0 spiro atoms. The van der Waals surface area contributed by atoms with Crippen LogP contribution in [0.1, 0.15) is 29.6 Å². The van der Waals surface area contributed by atoms with Crippen molar-refractivity contribution >= 4 is 0 Å². The van der Waals surface area contributed by atoms with Crippen LogP contribution in [0.4, 0.5) is 0 Å². The molecule has 0 aliphatic heterocycles. The fourth-order valence-electron chi connectivity index (χ4n) is 2.22. The molecule has 2 rings (SSSR count). The summed E-state index contributed by atoms with van der Waals surface area (Å²) in [5.74, 6) is 0. The van der Waals surface area contributed by atoms with E-state index in [1.807, 2.05) is 18.3 Å². The maximum absolute atomic E-state index is 4.63. The second-order valence-electron chi connectivity index (χ2n) is 4.72. The first-order chi connectivity index (χ1) is 9.22. The molecule has 0 unspecified atom stereocenters. The second kappa shape index (κ2) is 6.48. The summed E-state index contributed by atoms with van der Waals surface area (Å²) in [7, 11) is 0. The van der Waals surface area contributed by atoms with Crippen molar-refractivity contribution in [2.45, 2.75) is 40.3 Å². The Kier molecular flexibility index (Phi) is 4.68. The lowest BCUT2D eigenvalue weighted by atomic mass is 10.2. The van der Waals surface area contributed by atoms with E-state index in [1.54, 1.807) is 0 Å². The number of pyridine rings is 1. The van der Waals surface area contributed by atoms with E-state index in [4.69, 9.17) is 0 Å². The van der Waals surface area contributed by atoms with Crippen LogP contribution < -0.4 is 5.32 Å². The highest BCUT2D eigenvalue weighted by Gasteiger charge is 2.10. The van der Waals surface area contributed by atoms with Crippen molar-refractivity contribution in [3.05, 3.63) is 47.0 Å². The zero-order valence-corrected chi connectivity index (χ0v) is 12.0. The van der Waals surface area contributed by atoms with Gasteiger partial charge >= 0.3 is 0 Å². The van der Waals surface area contributed by atoms with Gasteiger partial charge in [0.1, 0.15) is 0 Å². The van der Waals surface area contributed by atoms with Gasteiger partial charge in [0, 0.05) is 42.7 Å². The van der Waals surface area contributed by atoms with Crippen molar-refractivity contribution in [2.75, 3.05) is 6.54 Å². The number of rotatable bonds is 6. The van der Waals surface area contributed by atoms with Gasteiger partial charge in [0.05, 0.1) is 5.69 Å². The third-order valence-corrected chi connectivity index (χ3v) is 3.39. The van der Waals surface area contributed by atoms with Gasteiger partial charge in [-0.25, -0.2) is 0 Å². The predicted octanol–water partition coefficient (Wildman–Crippen LogP) is 2.25. The van der Waals surface area contributed by atoms with Crippen LogP contribution >= 0.6 is 0 Å². The molecule has 0 atom stereocenters. The van der Waals surface area contributed by atoms with Crippen molar-refractivity contribution in [1.82, 2.24) is 20.1 Å². The SMILES string of the molecule is CCNCc1c(C)nn(CCc2ccccn2)c1C. The minimum atomic E-state index is 0.885. The van der Waals surface area contributed by atoms with Crippen LogP contribution in [0.5, 0.6) is 0 Å². The van der Waals surface area contributed by atoms with Gasteiger partial charge < -0.3 is 5.32 Å². The van der Waals surface area contributed by atoms with Gasteiger partial charge in [-0.2, -0.15) is 5.10 Å². The lowest BCUT2D eigenvalue weighted by Gasteiger charge is -2.05. The first kappa shape index (κ1) is 13.7.